The molecule has 47 heavy (non-hydrogen) atoms. The van der Waals surface area contributed by atoms with Crippen LogP contribution in [-0.2, 0) is 23.7 Å². The van der Waals surface area contributed by atoms with Crippen LogP contribution in [0.5, 0.6) is 0 Å². The van der Waals surface area contributed by atoms with Gasteiger partial charge in [-0.2, -0.15) is 0 Å². The summed E-state index contributed by atoms with van der Waals surface area (Å²) < 4.78 is 24.6. The quantitative estimate of drug-likeness (QED) is 0.218. The lowest BCUT2D eigenvalue weighted by Gasteiger charge is -2.64. The van der Waals surface area contributed by atoms with Gasteiger partial charge in [0.2, 0.25) is 0 Å². The van der Waals surface area contributed by atoms with Gasteiger partial charge < -0.3 is 44.5 Å². The fourth-order valence-corrected chi connectivity index (χ4v) is 13.7. The van der Waals surface area contributed by atoms with Crippen molar-refractivity contribution in [2.24, 2.45) is 50.7 Å². The van der Waals surface area contributed by atoms with Crippen LogP contribution in [0.2, 0.25) is 0 Å². The van der Waals surface area contributed by atoms with Gasteiger partial charge in [0.1, 0.15) is 18.3 Å². The minimum atomic E-state index is -1.30. The molecule has 2 heterocycles. The van der Waals surface area contributed by atoms with E-state index < -0.39 is 60.6 Å². The lowest BCUT2D eigenvalue weighted by molar-refractivity contribution is -0.303. The van der Waals surface area contributed by atoms with E-state index in [2.05, 4.69) is 34.6 Å². The summed E-state index contributed by atoms with van der Waals surface area (Å²) in [4.78, 5) is 12.1. The van der Waals surface area contributed by atoms with Crippen molar-refractivity contribution in [2.45, 2.75) is 167 Å². The van der Waals surface area contributed by atoms with E-state index in [4.69, 9.17) is 18.9 Å². The SMILES string of the molecule is CC(=O)O[C@@H]([C@H]1C[C@@H](C)[C@H]2[C@H](O1)[C@H](O)[C@@]1(C)[C@@H]3CCC4C(C)(C)[C@@H](O[C@@H]5OC[C@@H](O)[C@H](O)[C@H]5O)CC[C@@]45CC35CC[C@]21C)C(C)(C)O. The second-order valence-corrected chi connectivity index (χ2v) is 18.6. The Labute approximate surface area is 279 Å². The number of ether oxygens (including phenoxy) is 4. The highest BCUT2D eigenvalue weighted by Gasteiger charge is 2.84. The first-order chi connectivity index (χ1) is 21.8. The third-order valence-electron chi connectivity index (χ3n) is 15.8. The minimum Gasteiger partial charge on any atom is -0.457 e. The number of hydrogen-bond donors (Lipinski definition) is 5. The molecule has 5 saturated carbocycles. The first-order valence-corrected chi connectivity index (χ1v) is 18.3. The van der Waals surface area contributed by atoms with Crippen LogP contribution < -0.4 is 0 Å². The van der Waals surface area contributed by atoms with Gasteiger partial charge in [0, 0.05) is 12.3 Å². The molecular weight excluding hydrogens is 604 g/mol. The van der Waals surface area contributed by atoms with Crippen molar-refractivity contribution in [3.63, 3.8) is 0 Å². The molecule has 0 bridgehead atoms. The molecule has 2 unspecified atom stereocenters. The molecule has 2 spiro atoms. The first-order valence-electron chi connectivity index (χ1n) is 18.3. The Morgan fingerprint density at radius 2 is 1.60 bits per heavy atom. The Kier molecular flexibility index (Phi) is 7.97. The molecule has 5 N–H and O–H groups in total. The van der Waals surface area contributed by atoms with Crippen molar-refractivity contribution < 1.29 is 49.3 Å². The molecule has 5 aliphatic carbocycles. The molecule has 17 atom stereocenters. The van der Waals surface area contributed by atoms with Gasteiger partial charge in [-0.15, -0.1) is 0 Å². The number of fused-ring (bicyclic) bond motifs is 4. The Bertz CT molecular complexity index is 1250. The van der Waals surface area contributed by atoms with Gasteiger partial charge in [-0.1, -0.05) is 34.6 Å². The molecule has 10 nitrogen and oxygen atoms in total. The average molecular weight is 665 g/mol. The number of carbonyl (C=O) groups excluding carboxylic acids is 1. The third kappa shape index (κ3) is 4.54. The van der Waals surface area contributed by atoms with E-state index in [0.717, 1.165) is 38.5 Å². The zero-order chi connectivity index (χ0) is 34.3. The van der Waals surface area contributed by atoms with Gasteiger partial charge in [-0.05, 0) is 111 Å². The molecule has 0 radical (unpaired) electrons. The van der Waals surface area contributed by atoms with E-state index in [1.54, 1.807) is 13.8 Å². The largest absolute Gasteiger partial charge is 0.457 e. The Morgan fingerprint density at radius 1 is 0.936 bits per heavy atom. The summed E-state index contributed by atoms with van der Waals surface area (Å²) in [5.74, 6) is 0.717. The normalized spacial score (nSPS) is 55.4. The number of rotatable bonds is 5. The summed E-state index contributed by atoms with van der Waals surface area (Å²) in [5.41, 5.74) is -1.61. The highest BCUT2D eigenvalue weighted by atomic mass is 16.7. The standard InChI is InChI=1S/C37H60O10/c1-18-15-21(30(33(5,6)43)45-19(2)38)46-28-25(18)34(7)13-14-37-17-36(37)12-11-24(47-31-27(41)26(40)20(39)16-44-31)32(3,4)22(36)9-10-23(37)35(34,8)29(28)42/h18,20-31,39-43H,9-17H2,1-8H3/t18-,20-,21-,22?,23+,24+,25+,26+,27-,28+,29+,30+,31+,34-,35-,36-,37?/m1/s1. The number of carbonyl (C=O) groups is 1. The topological polar surface area (TPSA) is 155 Å². The lowest BCUT2D eigenvalue weighted by atomic mass is 9.41. The van der Waals surface area contributed by atoms with Crippen LogP contribution in [0.3, 0.4) is 0 Å². The van der Waals surface area contributed by atoms with Crippen molar-refractivity contribution in [3.8, 4) is 0 Å². The van der Waals surface area contributed by atoms with Crippen LogP contribution in [0.15, 0.2) is 0 Å². The summed E-state index contributed by atoms with van der Waals surface area (Å²) in [7, 11) is 0. The number of aliphatic hydroxyl groups is 5. The highest BCUT2D eigenvalue weighted by Crippen LogP contribution is 2.89. The zero-order valence-electron chi connectivity index (χ0n) is 29.6. The van der Waals surface area contributed by atoms with E-state index >= 15 is 0 Å². The van der Waals surface area contributed by atoms with Gasteiger partial charge in [-0.25, -0.2) is 0 Å². The van der Waals surface area contributed by atoms with Crippen molar-refractivity contribution >= 4 is 5.97 Å². The molecule has 7 aliphatic rings. The molecule has 2 saturated heterocycles. The average Bonchev–Trinajstić information content (AvgIpc) is 3.61. The third-order valence-corrected chi connectivity index (χ3v) is 15.8. The predicted octanol–water partition coefficient (Wildman–Crippen LogP) is 3.33. The molecular formula is C37H60O10. The lowest BCUT2D eigenvalue weighted by Crippen LogP contribution is -2.61. The maximum absolute atomic E-state index is 12.5. The summed E-state index contributed by atoms with van der Waals surface area (Å²) in [6.45, 7) is 16.2. The van der Waals surface area contributed by atoms with E-state index in [-0.39, 0.29) is 51.6 Å². The second-order valence-electron chi connectivity index (χ2n) is 18.6. The fraction of sp³-hybridized carbons (Fsp3) is 0.973. The Balaban J connectivity index is 1.14. The molecule has 0 amide bonds. The summed E-state index contributed by atoms with van der Waals surface area (Å²) in [5, 5.41) is 54.3. The molecule has 2 aliphatic heterocycles. The molecule has 7 rings (SSSR count). The molecule has 0 aromatic carbocycles. The van der Waals surface area contributed by atoms with Gasteiger partial charge in [0.25, 0.3) is 0 Å². The van der Waals surface area contributed by atoms with Gasteiger partial charge in [0.05, 0.1) is 36.6 Å². The van der Waals surface area contributed by atoms with Crippen LogP contribution in [0.1, 0.15) is 107 Å². The van der Waals surface area contributed by atoms with Crippen LogP contribution in [0.25, 0.3) is 0 Å². The summed E-state index contributed by atoms with van der Waals surface area (Å²) >= 11 is 0. The van der Waals surface area contributed by atoms with Crippen LogP contribution >= 0.6 is 0 Å². The monoisotopic (exact) mass is 664 g/mol. The zero-order valence-corrected chi connectivity index (χ0v) is 29.6. The maximum atomic E-state index is 12.5. The number of hydrogen-bond acceptors (Lipinski definition) is 10. The van der Waals surface area contributed by atoms with E-state index in [1.807, 2.05) is 0 Å². The molecule has 0 aromatic rings. The Morgan fingerprint density at radius 3 is 2.26 bits per heavy atom. The van der Waals surface area contributed by atoms with Crippen LogP contribution in [-0.4, -0.2) is 98.8 Å². The van der Waals surface area contributed by atoms with Crippen molar-refractivity contribution in [3.05, 3.63) is 0 Å². The predicted molar refractivity (Wildman–Crippen MR) is 171 cm³/mol. The number of esters is 1. The van der Waals surface area contributed by atoms with E-state index in [9.17, 15) is 30.3 Å². The fourth-order valence-electron chi connectivity index (χ4n) is 13.7. The Hall–Kier alpha value is -0.850. The van der Waals surface area contributed by atoms with E-state index in [1.165, 1.54) is 13.3 Å². The van der Waals surface area contributed by atoms with Crippen molar-refractivity contribution in [2.75, 3.05) is 6.61 Å². The smallest absolute Gasteiger partial charge is 0.303 e. The van der Waals surface area contributed by atoms with Gasteiger partial charge in [-0.3, -0.25) is 4.79 Å². The van der Waals surface area contributed by atoms with Crippen LogP contribution in [0.4, 0.5) is 0 Å². The minimum absolute atomic E-state index is 0.0683. The summed E-state index contributed by atoms with van der Waals surface area (Å²) in [6.07, 6.45) is 0.712. The van der Waals surface area contributed by atoms with Crippen LogP contribution in [0, 0.1) is 50.7 Å². The molecule has 7 fully saturated rings. The number of aliphatic hydroxyl groups excluding tert-OH is 4. The van der Waals surface area contributed by atoms with Crippen molar-refractivity contribution in [1.29, 1.82) is 0 Å². The van der Waals surface area contributed by atoms with Gasteiger partial charge >= 0.3 is 5.97 Å². The summed E-state index contributed by atoms with van der Waals surface area (Å²) in [6, 6.07) is 0. The highest BCUT2D eigenvalue weighted by molar-refractivity contribution is 5.66. The molecule has 0 aromatic heterocycles. The van der Waals surface area contributed by atoms with Gasteiger partial charge in [0.15, 0.2) is 12.4 Å². The maximum Gasteiger partial charge on any atom is 0.303 e. The first kappa shape index (κ1) is 34.6. The second kappa shape index (κ2) is 10.8. The van der Waals surface area contributed by atoms with E-state index in [0.29, 0.717) is 18.3 Å². The van der Waals surface area contributed by atoms with Crippen molar-refractivity contribution in [1.82, 2.24) is 0 Å². The molecule has 10 heteroatoms. The molecule has 268 valence electrons.